The van der Waals surface area contributed by atoms with E-state index >= 15 is 0 Å². The minimum absolute atomic E-state index is 0.0221. The maximum Gasteiger partial charge on any atom is 0.349 e. The number of nitrogens with zero attached hydrogens (tertiary/aromatic N) is 2. The number of fused-ring (bicyclic) bond motifs is 2. The molecule has 0 saturated carbocycles. The van der Waals surface area contributed by atoms with Gasteiger partial charge in [0.1, 0.15) is 16.3 Å². The molecule has 0 aliphatic carbocycles. The molecule has 3 aromatic rings. The van der Waals surface area contributed by atoms with E-state index in [1.807, 2.05) is 0 Å². The van der Waals surface area contributed by atoms with Crippen molar-refractivity contribution in [1.29, 1.82) is 0 Å². The first kappa shape index (κ1) is 16.9. The van der Waals surface area contributed by atoms with E-state index in [0.29, 0.717) is 42.7 Å². The van der Waals surface area contributed by atoms with Crippen molar-refractivity contribution in [3.8, 4) is 11.5 Å². The standard InChI is InChI=1S/C17H13ClN2O5S/c1-8-12-15(19-6-20(2)16(12)21)26-14(8)17(22)23-5-9-3-10(18)13-11(4-9)24-7-25-13/h3-4,6H,5,7H2,1-2H3. The summed E-state index contributed by atoms with van der Waals surface area (Å²) < 4.78 is 17.3. The Hall–Kier alpha value is -2.58. The minimum atomic E-state index is -0.513. The lowest BCUT2D eigenvalue weighted by molar-refractivity contribution is 0.0477. The number of hydrogen-bond donors (Lipinski definition) is 0. The second-order valence-corrected chi connectivity index (χ2v) is 7.19. The number of aryl methyl sites for hydroxylation is 2. The molecule has 0 fully saturated rings. The lowest BCUT2D eigenvalue weighted by Crippen LogP contribution is -2.16. The summed E-state index contributed by atoms with van der Waals surface area (Å²) in [4.78, 5) is 29.8. The summed E-state index contributed by atoms with van der Waals surface area (Å²) in [5, 5.41) is 0.842. The quantitative estimate of drug-likeness (QED) is 0.637. The van der Waals surface area contributed by atoms with Crippen LogP contribution in [0.4, 0.5) is 0 Å². The van der Waals surface area contributed by atoms with Gasteiger partial charge in [0, 0.05) is 7.05 Å². The number of rotatable bonds is 3. The van der Waals surface area contributed by atoms with Gasteiger partial charge in [0.05, 0.1) is 16.7 Å². The highest BCUT2D eigenvalue weighted by Gasteiger charge is 2.22. The zero-order valence-electron chi connectivity index (χ0n) is 13.9. The Morgan fingerprint density at radius 3 is 3.04 bits per heavy atom. The monoisotopic (exact) mass is 392 g/mol. The summed E-state index contributed by atoms with van der Waals surface area (Å²) in [5.41, 5.74) is 1.07. The molecule has 134 valence electrons. The fourth-order valence-corrected chi connectivity index (χ4v) is 4.04. The van der Waals surface area contributed by atoms with Gasteiger partial charge in [0.15, 0.2) is 11.5 Å². The first-order chi connectivity index (χ1) is 12.5. The SMILES string of the molecule is Cc1c(C(=O)OCc2cc(Cl)c3c(c2)OCO3)sc2ncn(C)c(=O)c12. The summed E-state index contributed by atoms with van der Waals surface area (Å²) in [6.07, 6.45) is 1.43. The van der Waals surface area contributed by atoms with Crippen molar-refractivity contribution in [2.75, 3.05) is 6.79 Å². The van der Waals surface area contributed by atoms with Gasteiger partial charge in [0.2, 0.25) is 6.79 Å². The first-order valence-electron chi connectivity index (χ1n) is 7.65. The van der Waals surface area contributed by atoms with Gasteiger partial charge in [-0.2, -0.15) is 0 Å². The smallest absolute Gasteiger partial charge is 0.349 e. The Bertz CT molecular complexity index is 1100. The molecule has 1 aromatic carbocycles. The third-order valence-electron chi connectivity index (χ3n) is 4.05. The molecule has 0 amide bonds. The number of ether oxygens (including phenoxy) is 3. The molecule has 0 unspecified atom stereocenters. The summed E-state index contributed by atoms with van der Waals surface area (Å²) in [6.45, 7) is 1.85. The van der Waals surface area contributed by atoms with E-state index in [2.05, 4.69) is 4.98 Å². The van der Waals surface area contributed by atoms with Crippen LogP contribution in [0.15, 0.2) is 23.3 Å². The van der Waals surface area contributed by atoms with Crippen molar-refractivity contribution >= 4 is 39.1 Å². The van der Waals surface area contributed by atoms with E-state index in [-0.39, 0.29) is 19.0 Å². The highest BCUT2D eigenvalue weighted by atomic mass is 35.5. The van der Waals surface area contributed by atoms with Gasteiger partial charge in [-0.25, -0.2) is 9.78 Å². The van der Waals surface area contributed by atoms with Gasteiger partial charge in [0.25, 0.3) is 5.56 Å². The van der Waals surface area contributed by atoms with Gasteiger partial charge >= 0.3 is 5.97 Å². The van der Waals surface area contributed by atoms with Crippen molar-refractivity contribution < 1.29 is 19.0 Å². The highest BCUT2D eigenvalue weighted by molar-refractivity contribution is 7.20. The summed E-state index contributed by atoms with van der Waals surface area (Å²) in [6, 6.07) is 3.38. The average molecular weight is 393 g/mol. The molecule has 2 aromatic heterocycles. The third kappa shape index (κ3) is 2.71. The largest absolute Gasteiger partial charge is 0.457 e. The molecule has 7 nitrogen and oxygen atoms in total. The minimum Gasteiger partial charge on any atom is -0.457 e. The third-order valence-corrected chi connectivity index (χ3v) is 5.51. The number of aromatic nitrogens is 2. The molecular formula is C17H13ClN2O5S. The van der Waals surface area contributed by atoms with E-state index < -0.39 is 5.97 Å². The molecule has 0 atom stereocenters. The molecule has 26 heavy (non-hydrogen) atoms. The molecule has 1 aliphatic rings. The number of halogens is 1. The van der Waals surface area contributed by atoms with Crippen LogP contribution < -0.4 is 15.0 Å². The van der Waals surface area contributed by atoms with Crippen molar-refractivity contribution in [3.05, 3.63) is 49.8 Å². The Morgan fingerprint density at radius 2 is 2.23 bits per heavy atom. The highest BCUT2D eigenvalue weighted by Crippen LogP contribution is 2.40. The zero-order valence-corrected chi connectivity index (χ0v) is 15.4. The Morgan fingerprint density at radius 1 is 1.42 bits per heavy atom. The molecule has 4 rings (SSSR count). The normalized spacial score (nSPS) is 12.6. The Labute approximate surface area is 156 Å². The number of benzene rings is 1. The molecule has 0 radical (unpaired) electrons. The lowest BCUT2D eigenvalue weighted by Gasteiger charge is -2.06. The molecule has 0 saturated heterocycles. The van der Waals surface area contributed by atoms with Crippen molar-refractivity contribution in [2.24, 2.45) is 7.05 Å². The molecule has 9 heteroatoms. The number of carbonyl (C=O) groups excluding carboxylic acids is 1. The van der Waals surface area contributed by atoms with Gasteiger partial charge in [-0.05, 0) is 30.2 Å². The van der Waals surface area contributed by atoms with E-state index in [1.54, 1.807) is 26.1 Å². The maximum atomic E-state index is 12.5. The van der Waals surface area contributed by atoms with Crippen LogP contribution in [0.3, 0.4) is 0 Å². The van der Waals surface area contributed by atoms with Gasteiger partial charge < -0.3 is 18.8 Å². The molecule has 0 spiro atoms. The molecular weight excluding hydrogens is 380 g/mol. The predicted molar refractivity (Wildman–Crippen MR) is 96.3 cm³/mol. The van der Waals surface area contributed by atoms with Crippen LogP contribution in [-0.4, -0.2) is 22.3 Å². The van der Waals surface area contributed by atoms with Crippen LogP contribution in [0.5, 0.6) is 11.5 Å². The summed E-state index contributed by atoms with van der Waals surface area (Å²) in [7, 11) is 1.62. The molecule has 3 heterocycles. The number of esters is 1. The Balaban J connectivity index is 1.59. The van der Waals surface area contributed by atoms with Gasteiger partial charge in [-0.15, -0.1) is 11.3 Å². The van der Waals surface area contributed by atoms with Crippen molar-refractivity contribution in [2.45, 2.75) is 13.5 Å². The first-order valence-corrected chi connectivity index (χ1v) is 8.85. The topological polar surface area (TPSA) is 79.7 Å². The molecule has 0 N–H and O–H groups in total. The molecule has 0 bridgehead atoms. The van der Waals surface area contributed by atoms with E-state index in [9.17, 15) is 9.59 Å². The average Bonchev–Trinajstić information content (AvgIpc) is 3.21. The van der Waals surface area contributed by atoms with Crippen LogP contribution in [0, 0.1) is 6.92 Å². The van der Waals surface area contributed by atoms with Crippen molar-refractivity contribution in [1.82, 2.24) is 9.55 Å². The predicted octanol–water partition coefficient (Wildman–Crippen LogP) is 3.04. The maximum absolute atomic E-state index is 12.5. The second kappa shape index (κ2) is 6.30. The number of hydrogen-bond acceptors (Lipinski definition) is 7. The zero-order chi connectivity index (χ0) is 18.4. The number of thiophene rings is 1. The number of carbonyl (C=O) groups is 1. The Kier molecular flexibility index (Phi) is 4.08. The van der Waals surface area contributed by atoms with Crippen molar-refractivity contribution in [3.63, 3.8) is 0 Å². The fraction of sp³-hybridized carbons (Fsp3) is 0.235. The van der Waals surface area contributed by atoms with Crippen LogP contribution in [0.1, 0.15) is 20.8 Å². The summed E-state index contributed by atoms with van der Waals surface area (Å²) >= 11 is 7.27. The van der Waals surface area contributed by atoms with E-state index in [0.717, 1.165) is 11.3 Å². The van der Waals surface area contributed by atoms with Gasteiger partial charge in [-0.1, -0.05) is 11.6 Å². The van der Waals surface area contributed by atoms with Crippen LogP contribution in [0.2, 0.25) is 5.02 Å². The van der Waals surface area contributed by atoms with E-state index in [4.69, 9.17) is 25.8 Å². The summed E-state index contributed by atoms with van der Waals surface area (Å²) in [5.74, 6) is 0.500. The second-order valence-electron chi connectivity index (χ2n) is 5.78. The fourth-order valence-electron chi connectivity index (χ4n) is 2.72. The van der Waals surface area contributed by atoms with Crippen LogP contribution in [0.25, 0.3) is 10.2 Å². The lowest BCUT2D eigenvalue weighted by atomic mass is 10.2. The molecule has 1 aliphatic heterocycles. The van der Waals surface area contributed by atoms with Crippen LogP contribution in [-0.2, 0) is 18.4 Å². The van der Waals surface area contributed by atoms with E-state index in [1.165, 1.54) is 10.9 Å². The van der Waals surface area contributed by atoms with Crippen LogP contribution >= 0.6 is 22.9 Å². The van der Waals surface area contributed by atoms with Gasteiger partial charge in [-0.3, -0.25) is 4.79 Å².